The summed E-state index contributed by atoms with van der Waals surface area (Å²) in [7, 11) is 0. The van der Waals surface area contributed by atoms with Gasteiger partial charge < -0.3 is 15.2 Å². The Balaban J connectivity index is 2.15. The van der Waals surface area contributed by atoms with E-state index in [2.05, 4.69) is 21.2 Å². The van der Waals surface area contributed by atoms with Crippen molar-refractivity contribution in [3.05, 3.63) is 69.8 Å². The summed E-state index contributed by atoms with van der Waals surface area (Å²) in [6.45, 7) is 1.64. The highest BCUT2D eigenvalue weighted by Crippen LogP contribution is 2.20. The highest BCUT2D eigenvalue weighted by molar-refractivity contribution is 9.10. The molecule has 0 heterocycles. The van der Waals surface area contributed by atoms with Gasteiger partial charge in [-0.3, -0.25) is 4.79 Å². The topological polar surface area (TPSA) is 75.6 Å². The first-order valence-electron chi connectivity index (χ1n) is 7.14. The predicted molar refractivity (Wildman–Crippen MR) is 94.3 cm³/mol. The number of carbonyl (C=O) groups is 2. The van der Waals surface area contributed by atoms with Crippen molar-refractivity contribution in [2.24, 2.45) is 0 Å². The van der Waals surface area contributed by atoms with Gasteiger partial charge in [0.15, 0.2) is 0 Å². The Bertz CT molecular complexity index is 786. The molecule has 0 aliphatic rings. The van der Waals surface area contributed by atoms with E-state index < -0.39 is 11.9 Å². The second kappa shape index (κ2) is 8.31. The Kier molecular flexibility index (Phi) is 6.14. The van der Waals surface area contributed by atoms with Crippen molar-refractivity contribution >= 4 is 33.9 Å². The number of hydrogen-bond donors (Lipinski definition) is 2. The smallest absolute Gasteiger partial charge is 0.352 e. The number of rotatable bonds is 6. The van der Waals surface area contributed by atoms with Gasteiger partial charge in [-0.1, -0.05) is 46.3 Å². The first kappa shape index (κ1) is 17.7. The molecule has 0 unspecified atom stereocenters. The molecule has 0 aliphatic heterocycles. The van der Waals surface area contributed by atoms with Crippen molar-refractivity contribution < 1.29 is 19.4 Å². The molecule has 0 saturated heterocycles. The highest BCUT2D eigenvalue weighted by atomic mass is 79.9. The second-order valence-electron chi connectivity index (χ2n) is 5.00. The lowest BCUT2D eigenvalue weighted by atomic mass is 10.1. The molecule has 24 heavy (non-hydrogen) atoms. The number of benzene rings is 2. The summed E-state index contributed by atoms with van der Waals surface area (Å²) in [5.41, 5.74) is 1.43. The third kappa shape index (κ3) is 5.24. The van der Waals surface area contributed by atoms with Crippen LogP contribution in [-0.4, -0.2) is 17.0 Å². The number of ether oxygens (including phenoxy) is 1. The number of carboxylic acid groups (broad SMARTS) is 1. The van der Waals surface area contributed by atoms with Gasteiger partial charge in [0.05, 0.1) is 0 Å². The average Bonchev–Trinajstić information content (AvgIpc) is 2.53. The molecule has 0 aliphatic carbocycles. The maximum atomic E-state index is 11.2. The van der Waals surface area contributed by atoms with E-state index in [0.29, 0.717) is 17.9 Å². The zero-order valence-electron chi connectivity index (χ0n) is 13.0. The number of aliphatic carboxylic acids is 1. The minimum Gasteiger partial charge on any atom is -0.489 e. The van der Waals surface area contributed by atoms with E-state index in [1.54, 1.807) is 24.3 Å². The third-order valence-corrected chi connectivity index (χ3v) is 3.84. The Morgan fingerprint density at radius 1 is 1.21 bits per heavy atom. The summed E-state index contributed by atoms with van der Waals surface area (Å²) in [6, 6.07) is 14.7. The van der Waals surface area contributed by atoms with Gasteiger partial charge in [-0.2, -0.15) is 0 Å². The highest BCUT2D eigenvalue weighted by Gasteiger charge is 2.09. The van der Waals surface area contributed by atoms with Crippen LogP contribution in [0.25, 0.3) is 6.08 Å². The molecule has 0 fully saturated rings. The Hall–Kier alpha value is -2.60. The van der Waals surface area contributed by atoms with Gasteiger partial charge in [0, 0.05) is 17.0 Å². The maximum absolute atomic E-state index is 11.2. The fourth-order valence-electron chi connectivity index (χ4n) is 1.98. The standard InChI is InChI=1S/C18H16BrNO4/c1-12(21)20-17(18(22)23)10-13-5-4-7-15(9-13)24-11-14-6-2-3-8-16(14)19/h2-10H,11H2,1H3,(H,20,21)(H,22,23)/b17-10+. The molecule has 0 saturated carbocycles. The summed E-state index contributed by atoms with van der Waals surface area (Å²) in [6.07, 6.45) is 1.38. The zero-order chi connectivity index (χ0) is 17.5. The monoisotopic (exact) mass is 389 g/mol. The fourth-order valence-corrected chi connectivity index (χ4v) is 2.38. The van der Waals surface area contributed by atoms with Crippen LogP contribution in [0.2, 0.25) is 0 Å². The predicted octanol–water partition coefficient (Wildman–Crippen LogP) is 3.59. The Morgan fingerprint density at radius 2 is 1.96 bits per heavy atom. The number of carboxylic acids is 1. The van der Waals surface area contributed by atoms with Gasteiger partial charge in [-0.25, -0.2) is 4.79 Å². The normalized spacial score (nSPS) is 11.0. The molecular formula is C18H16BrNO4. The molecular weight excluding hydrogens is 374 g/mol. The number of amides is 1. The van der Waals surface area contributed by atoms with Crippen LogP contribution in [0.3, 0.4) is 0 Å². The van der Waals surface area contributed by atoms with Crippen molar-refractivity contribution in [2.75, 3.05) is 0 Å². The van der Waals surface area contributed by atoms with E-state index in [1.165, 1.54) is 13.0 Å². The molecule has 2 aromatic rings. The van der Waals surface area contributed by atoms with Crippen LogP contribution in [0.15, 0.2) is 58.7 Å². The van der Waals surface area contributed by atoms with Gasteiger partial charge in [-0.15, -0.1) is 0 Å². The minimum absolute atomic E-state index is 0.189. The van der Waals surface area contributed by atoms with Crippen LogP contribution in [0.5, 0.6) is 5.75 Å². The molecule has 1 amide bonds. The van der Waals surface area contributed by atoms with Crippen LogP contribution in [0.4, 0.5) is 0 Å². The van der Waals surface area contributed by atoms with Crippen LogP contribution < -0.4 is 10.1 Å². The summed E-state index contributed by atoms with van der Waals surface area (Å²) in [4.78, 5) is 22.2. The molecule has 6 heteroatoms. The van der Waals surface area contributed by atoms with Crippen molar-refractivity contribution in [1.82, 2.24) is 5.32 Å². The molecule has 0 atom stereocenters. The van der Waals surface area contributed by atoms with Crippen molar-refractivity contribution in [3.8, 4) is 5.75 Å². The van der Waals surface area contributed by atoms with E-state index in [1.807, 2.05) is 24.3 Å². The summed E-state index contributed by atoms with van der Waals surface area (Å²) in [5.74, 6) is -1.04. The maximum Gasteiger partial charge on any atom is 0.352 e. The molecule has 2 rings (SSSR count). The molecule has 2 aromatic carbocycles. The lowest BCUT2D eigenvalue weighted by molar-refractivity contribution is -0.134. The molecule has 2 N–H and O–H groups in total. The minimum atomic E-state index is -1.20. The van der Waals surface area contributed by atoms with Gasteiger partial charge in [0.1, 0.15) is 18.1 Å². The summed E-state index contributed by atoms with van der Waals surface area (Å²) >= 11 is 3.46. The van der Waals surface area contributed by atoms with E-state index >= 15 is 0 Å². The first-order chi connectivity index (χ1) is 11.5. The Labute approximate surface area is 148 Å². The molecule has 0 aromatic heterocycles. The molecule has 0 bridgehead atoms. The largest absolute Gasteiger partial charge is 0.489 e. The van der Waals surface area contributed by atoms with Crippen LogP contribution >= 0.6 is 15.9 Å². The van der Waals surface area contributed by atoms with E-state index in [4.69, 9.17) is 9.84 Å². The number of halogens is 1. The van der Waals surface area contributed by atoms with E-state index in [0.717, 1.165) is 10.0 Å². The van der Waals surface area contributed by atoms with Crippen LogP contribution in [0, 0.1) is 0 Å². The van der Waals surface area contributed by atoms with Crippen molar-refractivity contribution in [3.63, 3.8) is 0 Å². The summed E-state index contributed by atoms with van der Waals surface area (Å²) < 4.78 is 6.70. The molecule has 5 nitrogen and oxygen atoms in total. The quantitative estimate of drug-likeness (QED) is 0.740. The van der Waals surface area contributed by atoms with Gasteiger partial charge in [-0.05, 0) is 29.8 Å². The number of carbonyl (C=O) groups excluding carboxylic acids is 1. The van der Waals surface area contributed by atoms with Crippen molar-refractivity contribution in [1.29, 1.82) is 0 Å². The number of hydrogen-bond acceptors (Lipinski definition) is 3. The molecule has 0 radical (unpaired) electrons. The molecule has 124 valence electrons. The van der Waals surface area contributed by atoms with Crippen LogP contribution in [-0.2, 0) is 16.2 Å². The van der Waals surface area contributed by atoms with Gasteiger partial charge >= 0.3 is 5.97 Å². The lowest BCUT2D eigenvalue weighted by Gasteiger charge is -2.09. The van der Waals surface area contributed by atoms with Gasteiger partial charge in [0.2, 0.25) is 5.91 Å². The van der Waals surface area contributed by atoms with E-state index in [9.17, 15) is 9.59 Å². The molecule has 0 spiro atoms. The van der Waals surface area contributed by atoms with Crippen LogP contribution in [0.1, 0.15) is 18.1 Å². The third-order valence-electron chi connectivity index (χ3n) is 3.06. The second-order valence-corrected chi connectivity index (χ2v) is 5.85. The van der Waals surface area contributed by atoms with E-state index in [-0.39, 0.29) is 5.70 Å². The Morgan fingerprint density at radius 3 is 2.62 bits per heavy atom. The number of nitrogens with one attached hydrogen (secondary N) is 1. The zero-order valence-corrected chi connectivity index (χ0v) is 14.5. The average molecular weight is 390 g/mol. The fraction of sp³-hybridized carbons (Fsp3) is 0.111. The lowest BCUT2D eigenvalue weighted by Crippen LogP contribution is -2.24. The SMILES string of the molecule is CC(=O)N/C(=C/c1cccc(OCc2ccccc2Br)c1)C(=O)O. The van der Waals surface area contributed by atoms with Crippen molar-refractivity contribution in [2.45, 2.75) is 13.5 Å². The summed E-state index contributed by atoms with van der Waals surface area (Å²) in [5, 5.41) is 11.4. The first-order valence-corrected chi connectivity index (χ1v) is 7.94. The van der Waals surface area contributed by atoms with Gasteiger partial charge in [0.25, 0.3) is 0 Å².